The molecule has 2 heterocycles. The van der Waals surface area contributed by atoms with Crippen LogP contribution in [-0.4, -0.2) is 53.0 Å². The van der Waals surface area contributed by atoms with Gasteiger partial charge in [-0.3, -0.25) is 9.59 Å². The van der Waals surface area contributed by atoms with Crippen molar-refractivity contribution in [1.29, 1.82) is 0 Å². The Hall–Kier alpha value is -2.68. The van der Waals surface area contributed by atoms with E-state index in [9.17, 15) is 9.59 Å². The predicted octanol–water partition coefficient (Wildman–Crippen LogP) is 4.50. The van der Waals surface area contributed by atoms with Crippen molar-refractivity contribution in [3.05, 3.63) is 75.0 Å². The van der Waals surface area contributed by atoms with Crippen LogP contribution in [0.15, 0.2) is 53.0 Å². The zero-order valence-electron chi connectivity index (χ0n) is 17.4. The zero-order valence-corrected chi connectivity index (χ0v) is 19.7. The highest BCUT2D eigenvalue weighted by atomic mass is 79.9. The summed E-state index contributed by atoms with van der Waals surface area (Å²) < 4.78 is 6.14. The van der Waals surface area contributed by atoms with Gasteiger partial charge in [0.2, 0.25) is 0 Å². The number of nitrogens with one attached hydrogen (secondary N) is 2. The third-order valence-corrected chi connectivity index (χ3v) is 6.04. The summed E-state index contributed by atoms with van der Waals surface area (Å²) in [6, 6.07) is 9.86. The molecule has 0 aliphatic carbocycles. The van der Waals surface area contributed by atoms with Gasteiger partial charge in [0, 0.05) is 34.8 Å². The number of rotatable bonds is 7. The summed E-state index contributed by atoms with van der Waals surface area (Å²) in [6.07, 6.45) is 3.91. The van der Waals surface area contributed by atoms with Gasteiger partial charge in [0.25, 0.3) is 11.8 Å². The molecule has 0 saturated heterocycles. The minimum absolute atomic E-state index is 0.0796. The summed E-state index contributed by atoms with van der Waals surface area (Å²) in [6.45, 7) is 3.84. The maximum absolute atomic E-state index is 13.0. The van der Waals surface area contributed by atoms with Crippen LogP contribution in [0, 0.1) is 0 Å². The number of aromatic nitrogens is 2. The Morgan fingerprint density at radius 1 is 1.25 bits per heavy atom. The molecule has 7 nitrogen and oxygen atoms in total. The molecule has 1 unspecified atom stereocenters. The number of benzene rings is 2. The lowest BCUT2D eigenvalue weighted by atomic mass is 10.1. The monoisotopic (exact) mass is 516 g/mol. The molecule has 1 aromatic heterocycles. The van der Waals surface area contributed by atoms with E-state index in [1.807, 2.05) is 25.1 Å². The van der Waals surface area contributed by atoms with E-state index < -0.39 is 6.04 Å². The van der Waals surface area contributed by atoms with E-state index in [4.69, 9.17) is 16.3 Å². The van der Waals surface area contributed by atoms with Gasteiger partial charge in [-0.25, -0.2) is 4.98 Å². The van der Waals surface area contributed by atoms with Crippen molar-refractivity contribution >= 4 is 50.4 Å². The number of nitrogens with zero attached hydrogens (tertiary/aromatic N) is 2. The molecule has 2 N–H and O–H groups in total. The van der Waals surface area contributed by atoms with Crippen molar-refractivity contribution in [3.8, 4) is 0 Å². The lowest BCUT2D eigenvalue weighted by molar-refractivity contribution is 0.0797. The van der Waals surface area contributed by atoms with E-state index in [1.54, 1.807) is 35.2 Å². The molecular weight excluding hydrogens is 496 g/mol. The van der Waals surface area contributed by atoms with Crippen LogP contribution in [0.5, 0.6) is 0 Å². The highest BCUT2D eigenvalue weighted by Gasteiger charge is 2.22. The molecule has 166 valence electrons. The van der Waals surface area contributed by atoms with Crippen LogP contribution in [0.25, 0.3) is 11.0 Å². The van der Waals surface area contributed by atoms with Gasteiger partial charge in [-0.05, 0) is 59.3 Å². The number of aromatic amines is 1. The van der Waals surface area contributed by atoms with Gasteiger partial charge in [-0.2, -0.15) is 0 Å². The van der Waals surface area contributed by atoms with Crippen LogP contribution < -0.4 is 5.32 Å². The van der Waals surface area contributed by atoms with E-state index in [-0.39, 0.29) is 18.4 Å². The van der Waals surface area contributed by atoms with Crippen molar-refractivity contribution in [2.75, 3.05) is 26.3 Å². The highest BCUT2D eigenvalue weighted by molar-refractivity contribution is 9.10. The van der Waals surface area contributed by atoms with E-state index in [0.717, 1.165) is 11.0 Å². The fourth-order valence-electron chi connectivity index (χ4n) is 3.48. The van der Waals surface area contributed by atoms with Crippen LogP contribution in [-0.2, 0) is 4.74 Å². The van der Waals surface area contributed by atoms with Crippen molar-refractivity contribution in [3.63, 3.8) is 0 Å². The number of ether oxygens (including phenoxy) is 1. The summed E-state index contributed by atoms with van der Waals surface area (Å²) in [5.41, 5.74) is 2.48. The summed E-state index contributed by atoms with van der Waals surface area (Å²) in [7, 11) is 0. The van der Waals surface area contributed by atoms with E-state index in [2.05, 4.69) is 31.2 Å². The summed E-state index contributed by atoms with van der Waals surface area (Å²) in [5.74, 6) is 0.205. The molecule has 3 aromatic rings. The second-order valence-corrected chi connectivity index (χ2v) is 8.64. The Morgan fingerprint density at radius 2 is 2.03 bits per heavy atom. The third-order valence-electron chi connectivity index (χ3n) is 5.15. The first kappa shape index (κ1) is 22.5. The van der Waals surface area contributed by atoms with Gasteiger partial charge in [0.15, 0.2) is 0 Å². The van der Waals surface area contributed by atoms with E-state index in [0.29, 0.717) is 46.1 Å². The summed E-state index contributed by atoms with van der Waals surface area (Å²) in [4.78, 5) is 35.2. The van der Waals surface area contributed by atoms with Crippen LogP contribution in [0.1, 0.15) is 39.5 Å². The van der Waals surface area contributed by atoms with Gasteiger partial charge < -0.3 is 19.9 Å². The predicted molar refractivity (Wildman–Crippen MR) is 127 cm³/mol. The second kappa shape index (κ2) is 9.85. The molecule has 0 saturated carbocycles. The molecule has 0 bridgehead atoms. The van der Waals surface area contributed by atoms with Gasteiger partial charge in [-0.1, -0.05) is 23.8 Å². The van der Waals surface area contributed by atoms with Crippen molar-refractivity contribution in [2.45, 2.75) is 13.0 Å². The lowest BCUT2D eigenvalue weighted by Gasteiger charge is -2.18. The maximum atomic E-state index is 13.0. The normalized spacial score (nSPS) is 14.2. The number of carbonyl (C=O) groups excluding carboxylic acids is 2. The summed E-state index contributed by atoms with van der Waals surface area (Å²) in [5, 5.41) is 3.57. The Balaban J connectivity index is 1.53. The van der Waals surface area contributed by atoms with E-state index in [1.165, 1.54) is 0 Å². The maximum Gasteiger partial charge on any atom is 0.255 e. The Morgan fingerprint density at radius 3 is 2.75 bits per heavy atom. The Kier molecular flexibility index (Phi) is 6.93. The number of hydrogen-bond donors (Lipinski definition) is 2. The molecule has 9 heteroatoms. The molecular formula is C23H22BrClN4O3. The molecule has 32 heavy (non-hydrogen) atoms. The molecule has 2 aromatic carbocycles. The molecule has 0 fully saturated rings. The largest absolute Gasteiger partial charge is 0.379 e. The average Bonchev–Trinajstić information content (AvgIpc) is 3.45. The first-order chi connectivity index (χ1) is 15.5. The molecule has 1 atom stereocenters. The van der Waals surface area contributed by atoms with Gasteiger partial charge in [0.1, 0.15) is 11.9 Å². The van der Waals surface area contributed by atoms with Crippen LogP contribution in [0.4, 0.5) is 0 Å². The number of hydrogen-bond acceptors (Lipinski definition) is 4. The van der Waals surface area contributed by atoms with Crippen molar-refractivity contribution < 1.29 is 14.3 Å². The first-order valence-electron chi connectivity index (χ1n) is 10.2. The topological polar surface area (TPSA) is 87.3 Å². The number of amides is 2. The van der Waals surface area contributed by atoms with Crippen LogP contribution in [0.3, 0.4) is 0 Å². The zero-order chi connectivity index (χ0) is 22.7. The molecule has 4 rings (SSSR count). The number of halogens is 2. The fraction of sp³-hybridized carbons (Fsp3) is 0.261. The fourth-order valence-corrected chi connectivity index (χ4v) is 4.20. The Labute approximate surface area is 198 Å². The smallest absolute Gasteiger partial charge is 0.255 e. The number of fused-ring (bicyclic) bond motifs is 1. The second-order valence-electron chi connectivity index (χ2n) is 7.35. The molecule has 0 spiro atoms. The molecule has 1 aliphatic heterocycles. The van der Waals surface area contributed by atoms with E-state index >= 15 is 0 Å². The minimum Gasteiger partial charge on any atom is -0.379 e. The van der Waals surface area contributed by atoms with Crippen molar-refractivity contribution in [2.24, 2.45) is 0 Å². The SMILES string of the molecule is CCOCC(NC(=O)c1ccc(C(=O)N2CC=CC2)c(Br)c1)c1nc2ccc(Cl)cc2[nH]1. The van der Waals surface area contributed by atoms with Gasteiger partial charge >= 0.3 is 0 Å². The minimum atomic E-state index is -0.482. The standard InChI is InChI=1S/C23H22BrClN4O3/c1-2-32-13-20(21-26-18-8-6-15(25)12-19(18)27-21)28-22(30)14-5-7-16(17(24)11-14)23(31)29-9-3-4-10-29/h3-8,11-12,20H,2,9-10,13H2,1H3,(H,26,27)(H,28,30). The lowest BCUT2D eigenvalue weighted by Crippen LogP contribution is -2.32. The quantitative estimate of drug-likeness (QED) is 0.452. The first-order valence-corrected chi connectivity index (χ1v) is 11.4. The average molecular weight is 518 g/mol. The van der Waals surface area contributed by atoms with Crippen LogP contribution >= 0.6 is 27.5 Å². The number of imidazole rings is 1. The van der Waals surface area contributed by atoms with Gasteiger partial charge in [0.05, 0.1) is 23.2 Å². The number of H-pyrrole nitrogens is 1. The van der Waals surface area contributed by atoms with Crippen LogP contribution in [0.2, 0.25) is 5.02 Å². The molecule has 0 radical (unpaired) electrons. The Bertz CT molecular complexity index is 1190. The highest BCUT2D eigenvalue weighted by Crippen LogP contribution is 2.23. The third kappa shape index (κ3) is 4.87. The molecule has 1 aliphatic rings. The van der Waals surface area contributed by atoms with Gasteiger partial charge in [-0.15, -0.1) is 0 Å². The van der Waals surface area contributed by atoms with Crippen molar-refractivity contribution in [1.82, 2.24) is 20.2 Å². The molecule has 2 amide bonds. The number of carbonyl (C=O) groups is 2. The summed E-state index contributed by atoms with van der Waals surface area (Å²) >= 11 is 9.51.